The summed E-state index contributed by atoms with van der Waals surface area (Å²) in [5.41, 5.74) is 2.82. The predicted molar refractivity (Wildman–Crippen MR) is 104 cm³/mol. The molecular weight excluding hydrogens is 368 g/mol. The Morgan fingerprint density at radius 1 is 1.07 bits per heavy atom. The Hall–Kier alpha value is -2.86. The van der Waals surface area contributed by atoms with Crippen molar-refractivity contribution >= 4 is 35.1 Å². The number of nitrogens with one attached hydrogen (secondary N) is 2. The predicted octanol–water partition coefficient (Wildman–Crippen LogP) is 3.26. The number of rotatable bonds is 6. The summed E-state index contributed by atoms with van der Waals surface area (Å²) >= 11 is 5.83. The van der Waals surface area contributed by atoms with E-state index in [9.17, 15) is 14.4 Å². The van der Waals surface area contributed by atoms with Gasteiger partial charge in [0.25, 0.3) is 5.91 Å². The molecule has 0 fully saturated rings. The summed E-state index contributed by atoms with van der Waals surface area (Å²) in [4.78, 5) is 36.2. The Kier molecular flexibility index (Phi) is 6.96. The van der Waals surface area contributed by atoms with Gasteiger partial charge in [-0.05, 0) is 50.1 Å². The van der Waals surface area contributed by atoms with Crippen molar-refractivity contribution in [3.05, 3.63) is 64.2 Å². The van der Waals surface area contributed by atoms with Gasteiger partial charge >= 0.3 is 5.97 Å². The number of carbonyl (C=O) groups excluding carboxylic acids is 3. The van der Waals surface area contributed by atoms with Crippen molar-refractivity contribution < 1.29 is 19.1 Å². The molecule has 0 saturated heterocycles. The lowest BCUT2D eigenvalue weighted by Gasteiger charge is -2.15. The van der Waals surface area contributed by atoms with Crippen LogP contribution in [0.1, 0.15) is 28.4 Å². The molecule has 0 aliphatic rings. The zero-order chi connectivity index (χ0) is 20.0. The summed E-state index contributed by atoms with van der Waals surface area (Å²) in [5.74, 6) is -1.60. The molecule has 1 atom stereocenters. The van der Waals surface area contributed by atoms with Gasteiger partial charge in [-0.3, -0.25) is 9.59 Å². The third kappa shape index (κ3) is 5.82. The number of hydrogen-bond donors (Lipinski definition) is 2. The van der Waals surface area contributed by atoms with E-state index in [2.05, 4.69) is 10.6 Å². The Morgan fingerprint density at radius 2 is 1.70 bits per heavy atom. The van der Waals surface area contributed by atoms with E-state index in [1.54, 1.807) is 12.1 Å². The lowest BCUT2D eigenvalue weighted by Crippen LogP contribution is -2.40. The van der Waals surface area contributed by atoms with Crippen LogP contribution < -0.4 is 10.6 Å². The highest BCUT2D eigenvalue weighted by molar-refractivity contribution is 6.30. The standard InChI is InChI=1S/C20H21ClN2O4/c1-12-6-4-7-13(2)18(12)23-17(24)11-22-19(25)14(3)27-20(26)15-8-5-9-16(21)10-15/h4-10,14H,11H2,1-3H3,(H,22,25)(H,23,24). The summed E-state index contributed by atoms with van der Waals surface area (Å²) < 4.78 is 5.10. The Balaban J connectivity index is 1.85. The molecule has 1 unspecified atom stereocenters. The first-order chi connectivity index (χ1) is 12.8. The average Bonchev–Trinajstić information content (AvgIpc) is 2.62. The van der Waals surface area contributed by atoms with E-state index in [1.165, 1.54) is 19.1 Å². The van der Waals surface area contributed by atoms with Crippen LogP contribution in [0.15, 0.2) is 42.5 Å². The zero-order valence-electron chi connectivity index (χ0n) is 15.3. The summed E-state index contributed by atoms with van der Waals surface area (Å²) in [7, 11) is 0. The highest BCUT2D eigenvalue weighted by Crippen LogP contribution is 2.19. The Labute approximate surface area is 162 Å². The first-order valence-corrected chi connectivity index (χ1v) is 8.76. The van der Waals surface area contributed by atoms with Gasteiger partial charge in [-0.2, -0.15) is 0 Å². The highest BCUT2D eigenvalue weighted by Gasteiger charge is 2.19. The van der Waals surface area contributed by atoms with E-state index in [0.29, 0.717) is 5.02 Å². The number of hydrogen-bond acceptors (Lipinski definition) is 4. The van der Waals surface area contributed by atoms with Crippen LogP contribution in [-0.2, 0) is 14.3 Å². The molecule has 0 aliphatic heterocycles. The zero-order valence-corrected chi connectivity index (χ0v) is 16.1. The summed E-state index contributed by atoms with van der Waals surface area (Å²) in [6, 6.07) is 11.9. The number of esters is 1. The van der Waals surface area contributed by atoms with Gasteiger partial charge in [0.2, 0.25) is 5.91 Å². The molecule has 0 aromatic heterocycles. The van der Waals surface area contributed by atoms with Crippen molar-refractivity contribution in [2.45, 2.75) is 26.9 Å². The molecule has 0 saturated carbocycles. The summed E-state index contributed by atoms with van der Waals surface area (Å²) in [6.07, 6.45) is -1.05. The van der Waals surface area contributed by atoms with Crippen molar-refractivity contribution in [3.63, 3.8) is 0 Å². The molecule has 142 valence electrons. The number of ether oxygens (including phenoxy) is 1. The maximum absolute atomic E-state index is 12.1. The molecule has 27 heavy (non-hydrogen) atoms. The van der Waals surface area contributed by atoms with Gasteiger partial charge in [-0.15, -0.1) is 0 Å². The molecule has 2 aromatic carbocycles. The van der Waals surface area contributed by atoms with E-state index < -0.39 is 18.0 Å². The molecule has 7 heteroatoms. The molecule has 2 amide bonds. The van der Waals surface area contributed by atoms with Crippen LogP contribution in [0.3, 0.4) is 0 Å². The summed E-state index contributed by atoms with van der Waals surface area (Å²) in [6.45, 7) is 4.98. The molecule has 0 aliphatic carbocycles. The maximum atomic E-state index is 12.1. The molecule has 6 nitrogen and oxygen atoms in total. The minimum Gasteiger partial charge on any atom is -0.449 e. The first-order valence-electron chi connectivity index (χ1n) is 8.38. The average molecular weight is 389 g/mol. The molecular formula is C20H21ClN2O4. The minimum absolute atomic E-state index is 0.230. The van der Waals surface area contributed by atoms with Crippen LogP contribution in [0.2, 0.25) is 5.02 Å². The molecule has 0 radical (unpaired) electrons. The van der Waals surface area contributed by atoms with Gasteiger partial charge in [0.1, 0.15) is 0 Å². The number of carbonyl (C=O) groups is 3. The fourth-order valence-electron chi connectivity index (χ4n) is 2.40. The van der Waals surface area contributed by atoms with Crippen LogP contribution in [0, 0.1) is 13.8 Å². The quantitative estimate of drug-likeness (QED) is 0.744. The number of halogens is 1. The van der Waals surface area contributed by atoms with E-state index in [-0.39, 0.29) is 18.0 Å². The van der Waals surface area contributed by atoms with Crippen LogP contribution in [0.5, 0.6) is 0 Å². The molecule has 2 rings (SSSR count). The lowest BCUT2D eigenvalue weighted by molar-refractivity contribution is -0.130. The third-order valence-electron chi connectivity index (χ3n) is 3.88. The van der Waals surface area contributed by atoms with Crippen molar-refractivity contribution in [2.24, 2.45) is 0 Å². The molecule has 0 bridgehead atoms. The van der Waals surface area contributed by atoms with E-state index >= 15 is 0 Å². The Morgan fingerprint density at radius 3 is 2.33 bits per heavy atom. The van der Waals surface area contributed by atoms with Crippen LogP contribution in [-0.4, -0.2) is 30.4 Å². The number of anilines is 1. The smallest absolute Gasteiger partial charge is 0.338 e. The molecule has 0 spiro atoms. The van der Waals surface area contributed by atoms with Crippen molar-refractivity contribution in [1.29, 1.82) is 0 Å². The van der Waals surface area contributed by atoms with Gasteiger partial charge < -0.3 is 15.4 Å². The van der Waals surface area contributed by atoms with Gasteiger partial charge in [-0.25, -0.2) is 4.79 Å². The van der Waals surface area contributed by atoms with Gasteiger partial charge in [0, 0.05) is 10.7 Å². The van der Waals surface area contributed by atoms with E-state index in [0.717, 1.165) is 16.8 Å². The number of amides is 2. The second-order valence-electron chi connectivity index (χ2n) is 6.09. The maximum Gasteiger partial charge on any atom is 0.338 e. The number of benzene rings is 2. The highest BCUT2D eigenvalue weighted by atomic mass is 35.5. The van der Waals surface area contributed by atoms with Gasteiger partial charge in [0.05, 0.1) is 12.1 Å². The van der Waals surface area contributed by atoms with E-state index in [4.69, 9.17) is 16.3 Å². The molecule has 0 heterocycles. The SMILES string of the molecule is Cc1cccc(C)c1NC(=O)CNC(=O)C(C)OC(=O)c1cccc(Cl)c1. The van der Waals surface area contributed by atoms with Crippen LogP contribution in [0.4, 0.5) is 5.69 Å². The molecule has 2 N–H and O–H groups in total. The fraction of sp³-hybridized carbons (Fsp3) is 0.250. The largest absolute Gasteiger partial charge is 0.449 e. The molecule has 2 aromatic rings. The third-order valence-corrected chi connectivity index (χ3v) is 4.12. The van der Waals surface area contributed by atoms with Crippen LogP contribution in [0.25, 0.3) is 0 Å². The van der Waals surface area contributed by atoms with Crippen LogP contribution >= 0.6 is 11.6 Å². The second kappa shape index (κ2) is 9.19. The lowest BCUT2D eigenvalue weighted by atomic mass is 10.1. The minimum atomic E-state index is -1.05. The van der Waals surface area contributed by atoms with Crippen molar-refractivity contribution in [2.75, 3.05) is 11.9 Å². The van der Waals surface area contributed by atoms with Gasteiger partial charge in [0.15, 0.2) is 6.10 Å². The van der Waals surface area contributed by atoms with E-state index in [1.807, 2.05) is 32.0 Å². The van der Waals surface area contributed by atoms with Gasteiger partial charge in [-0.1, -0.05) is 35.9 Å². The van der Waals surface area contributed by atoms with Crippen molar-refractivity contribution in [3.8, 4) is 0 Å². The first kappa shape index (κ1) is 20.5. The van der Waals surface area contributed by atoms with Crippen molar-refractivity contribution in [1.82, 2.24) is 5.32 Å². The summed E-state index contributed by atoms with van der Waals surface area (Å²) in [5, 5.41) is 5.62. The second-order valence-corrected chi connectivity index (χ2v) is 6.53. The fourth-order valence-corrected chi connectivity index (χ4v) is 2.59. The topological polar surface area (TPSA) is 84.5 Å². The number of aryl methyl sites for hydroxylation is 2. The normalized spacial score (nSPS) is 11.4. The Bertz CT molecular complexity index is 847. The number of para-hydroxylation sites is 1. The monoisotopic (exact) mass is 388 g/mol.